The van der Waals surface area contributed by atoms with Gasteiger partial charge in [0.1, 0.15) is 6.54 Å². The van der Waals surface area contributed by atoms with Gasteiger partial charge in [0, 0.05) is 24.6 Å². The Balaban J connectivity index is 2.32. The van der Waals surface area contributed by atoms with E-state index in [2.05, 4.69) is 35.5 Å². The molecule has 0 amide bonds. The second-order valence-electron chi connectivity index (χ2n) is 5.19. The molecule has 128 valence electrons. The van der Waals surface area contributed by atoms with Gasteiger partial charge < -0.3 is 14.2 Å². The number of ether oxygens (including phenoxy) is 3. The first-order chi connectivity index (χ1) is 11.7. The van der Waals surface area contributed by atoms with Crippen LogP contribution in [-0.2, 0) is 6.54 Å². The summed E-state index contributed by atoms with van der Waals surface area (Å²) < 4.78 is 18.4. The van der Waals surface area contributed by atoms with E-state index in [1.807, 2.05) is 30.3 Å². The van der Waals surface area contributed by atoms with Gasteiger partial charge in [-0.05, 0) is 35.6 Å². The highest BCUT2D eigenvalue weighted by Gasteiger charge is 2.12. The fraction of sp³-hybridized carbons (Fsp3) is 0.316. The first-order valence-electron chi connectivity index (χ1n) is 7.81. The van der Waals surface area contributed by atoms with Crippen LogP contribution in [0.15, 0.2) is 36.5 Å². The number of rotatable bonds is 8. The quantitative estimate of drug-likeness (QED) is 0.586. The maximum atomic E-state index is 5.40. The van der Waals surface area contributed by atoms with Gasteiger partial charge in [-0.25, -0.2) is 0 Å². The van der Waals surface area contributed by atoms with Gasteiger partial charge in [0.05, 0.1) is 21.3 Å². The topological polar surface area (TPSA) is 31.6 Å². The Bertz CT molecular complexity index is 676. The maximum absolute atomic E-state index is 5.40. The van der Waals surface area contributed by atoms with E-state index in [-0.39, 0.29) is 0 Å². The van der Waals surface area contributed by atoms with Crippen molar-refractivity contribution >= 4 is 24.8 Å². The number of hydrogen-bond donors (Lipinski definition) is 1. The van der Waals surface area contributed by atoms with Gasteiger partial charge in [-0.2, -0.15) is 17.2 Å². The van der Waals surface area contributed by atoms with Crippen molar-refractivity contribution in [2.24, 2.45) is 0 Å². The molecule has 0 fully saturated rings. The Morgan fingerprint density at radius 3 is 2.29 bits per heavy atom. The molecule has 0 atom stereocenters. The standard InChI is InChI=1S/C19H23NO3S/c1-21-17-13-15(14-18(22-2)19(17)23-3)8-9-16-7-4-5-10-20(16)11-6-12-24/h4-5,7-10,13-14H,6,11-12H2,1-3H3/p+1/b9-8+. The van der Waals surface area contributed by atoms with E-state index in [1.165, 1.54) is 0 Å². The van der Waals surface area contributed by atoms with Crippen molar-refractivity contribution in [1.82, 2.24) is 0 Å². The molecule has 0 saturated carbocycles. The van der Waals surface area contributed by atoms with Crippen LogP contribution in [0, 0.1) is 0 Å². The summed E-state index contributed by atoms with van der Waals surface area (Å²) >= 11 is 4.29. The maximum Gasteiger partial charge on any atom is 0.205 e. The summed E-state index contributed by atoms with van der Waals surface area (Å²) in [6.07, 6.45) is 7.23. The lowest BCUT2D eigenvalue weighted by Gasteiger charge is -2.12. The van der Waals surface area contributed by atoms with Crippen LogP contribution >= 0.6 is 12.6 Å². The monoisotopic (exact) mass is 346 g/mol. The first-order valence-corrected chi connectivity index (χ1v) is 8.44. The Kier molecular flexibility index (Phi) is 7.00. The third kappa shape index (κ3) is 4.45. The minimum Gasteiger partial charge on any atom is -0.493 e. The molecule has 2 rings (SSSR count). The number of aryl methyl sites for hydroxylation is 1. The largest absolute Gasteiger partial charge is 0.493 e. The zero-order valence-electron chi connectivity index (χ0n) is 14.4. The molecule has 1 aromatic carbocycles. The predicted octanol–water partition coefficient (Wildman–Crippen LogP) is 3.49. The zero-order valence-corrected chi connectivity index (χ0v) is 15.3. The second-order valence-corrected chi connectivity index (χ2v) is 5.64. The number of nitrogens with zero attached hydrogens (tertiary/aromatic N) is 1. The van der Waals surface area contributed by atoms with Gasteiger partial charge in [0.2, 0.25) is 11.4 Å². The van der Waals surface area contributed by atoms with E-state index in [0.717, 1.165) is 30.0 Å². The highest BCUT2D eigenvalue weighted by Crippen LogP contribution is 2.38. The fourth-order valence-electron chi connectivity index (χ4n) is 2.46. The van der Waals surface area contributed by atoms with Gasteiger partial charge in [0.15, 0.2) is 17.7 Å². The summed E-state index contributed by atoms with van der Waals surface area (Å²) in [5.41, 5.74) is 2.11. The number of thiol groups is 1. The van der Waals surface area contributed by atoms with Crippen LogP contribution in [0.2, 0.25) is 0 Å². The predicted molar refractivity (Wildman–Crippen MR) is 100 cm³/mol. The molecule has 0 aliphatic carbocycles. The van der Waals surface area contributed by atoms with Crippen LogP contribution in [0.3, 0.4) is 0 Å². The Morgan fingerprint density at radius 2 is 1.71 bits per heavy atom. The van der Waals surface area contributed by atoms with Gasteiger partial charge >= 0.3 is 0 Å². The fourth-order valence-corrected chi connectivity index (χ4v) is 2.61. The normalized spacial score (nSPS) is 10.8. The molecule has 0 spiro atoms. The lowest BCUT2D eigenvalue weighted by Crippen LogP contribution is -2.36. The molecular formula is C19H24NO3S+. The molecule has 1 aromatic heterocycles. The smallest absolute Gasteiger partial charge is 0.205 e. The highest BCUT2D eigenvalue weighted by molar-refractivity contribution is 7.80. The van der Waals surface area contributed by atoms with Crippen LogP contribution in [-0.4, -0.2) is 27.1 Å². The molecule has 0 unspecified atom stereocenters. The number of benzene rings is 1. The van der Waals surface area contributed by atoms with Crippen molar-refractivity contribution in [1.29, 1.82) is 0 Å². The molecule has 0 aliphatic heterocycles. The van der Waals surface area contributed by atoms with Gasteiger partial charge in [0.25, 0.3) is 0 Å². The van der Waals surface area contributed by atoms with Gasteiger partial charge in [-0.3, -0.25) is 0 Å². The second kappa shape index (κ2) is 9.23. The number of methoxy groups -OCH3 is 3. The molecular weight excluding hydrogens is 322 g/mol. The zero-order chi connectivity index (χ0) is 17.4. The number of pyridine rings is 1. The van der Waals surface area contributed by atoms with Crippen molar-refractivity contribution < 1.29 is 18.8 Å². The van der Waals surface area contributed by atoms with Crippen LogP contribution < -0.4 is 18.8 Å². The Morgan fingerprint density at radius 1 is 1.00 bits per heavy atom. The molecule has 0 N–H and O–H groups in total. The average Bonchev–Trinajstić information content (AvgIpc) is 2.64. The summed E-state index contributed by atoms with van der Waals surface area (Å²) in [5.74, 6) is 2.76. The van der Waals surface area contributed by atoms with Crippen molar-refractivity contribution in [2.45, 2.75) is 13.0 Å². The van der Waals surface area contributed by atoms with Crippen molar-refractivity contribution in [3.63, 3.8) is 0 Å². The van der Waals surface area contributed by atoms with E-state index in [9.17, 15) is 0 Å². The minimum absolute atomic E-state index is 0.598. The molecule has 5 heteroatoms. The van der Waals surface area contributed by atoms with Crippen LogP contribution in [0.5, 0.6) is 17.2 Å². The Labute approximate surface area is 149 Å². The van der Waals surface area contributed by atoms with E-state index < -0.39 is 0 Å². The van der Waals surface area contributed by atoms with E-state index in [4.69, 9.17) is 14.2 Å². The van der Waals surface area contributed by atoms with E-state index >= 15 is 0 Å². The van der Waals surface area contributed by atoms with Crippen LogP contribution in [0.25, 0.3) is 12.2 Å². The summed E-state index contributed by atoms with van der Waals surface area (Å²) in [7, 11) is 4.84. The number of aromatic nitrogens is 1. The van der Waals surface area contributed by atoms with E-state index in [0.29, 0.717) is 17.2 Å². The summed E-state index contributed by atoms with van der Waals surface area (Å²) in [4.78, 5) is 0. The molecule has 0 saturated heterocycles. The average molecular weight is 346 g/mol. The summed E-state index contributed by atoms with van der Waals surface area (Å²) in [5, 5.41) is 0. The molecule has 0 aliphatic rings. The van der Waals surface area contributed by atoms with Crippen LogP contribution in [0.1, 0.15) is 17.7 Å². The third-order valence-corrected chi connectivity index (χ3v) is 3.98. The first kappa shape index (κ1) is 18.2. The van der Waals surface area contributed by atoms with Gasteiger partial charge in [-0.15, -0.1) is 0 Å². The third-order valence-electron chi connectivity index (χ3n) is 3.67. The molecule has 24 heavy (non-hydrogen) atoms. The van der Waals surface area contributed by atoms with Crippen molar-refractivity contribution in [2.75, 3.05) is 27.1 Å². The lowest BCUT2D eigenvalue weighted by atomic mass is 10.1. The molecule has 0 radical (unpaired) electrons. The SMILES string of the molecule is COc1cc(/C=C/c2cccc[n+]2CCCS)cc(OC)c1OC. The van der Waals surface area contributed by atoms with Crippen molar-refractivity contribution in [3.8, 4) is 17.2 Å². The number of hydrogen-bond acceptors (Lipinski definition) is 4. The Hall–Kier alpha value is -2.14. The molecule has 2 aromatic rings. The highest BCUT2D eigenvalue weighted by atomic mass is 32.1. The lowest BCUT2D eigenvalue weighted by molar-refractivity contribution is -0.698. The molecule has 4 nitrogen and oxygen atoms in total. The summed E-state index contributed by atoms with van der Waals surface area (Å²) in [6, 6.07) is 10.0. The van der Waals surface area contributed by atoms with Crippen LogP contribution in [0.4, 0.5) is 0 Å². The molecule has 0 bridgehead atoms. The minimum atomic E-state index is 0.598. The van der Waals surface area contributed by atoms with Crippen molar-refractivity contribution in [3.05, 3.63) is 47.8 Å². The molecule has 1 heterocycles. The van der Waals surface area contributed by atoms with Gasteiger partial charge in [-0.1, -0.05) is 0 Å². The van der Waals surface area contributed by atoms with E-state index in [1.54, 1.807) is 21.3 Å². The summed E-state index contributed by atoms with van der Waals surface area (Å²) in [6.45, 7) is 0.944.